The quantitative estimate of drug-likeness (QED) is 0.0842. The van der Waals surface area contributed by atoms with Gasteiger partial charge in [0.15, 0.2) is 0 Å². The van der Waals surface area contributed by atoms with Crippen molar-refractivity contribution in [1.29, 1.82) is 0 Å². The third-order valence-corrected chi connectivity index (χ3v) is 14.3. The van der Waals surface area contributed by atoms with E-state index in [4.69, 9.17) is 15.6 Å². The van der Waals surface area contributed by atoms with Crippen molar-refractivity contribution >= 4 is 35.5 Å². The van der Waals surface area contributed by atoms with Crippen molar-refractivity contribution in [2.45, 2.75) is 150 Å². The summed E-state index contributed by atoms with van der Waals surface area (Å²) in [6.07, 6.45) is 6.46. The molecule has 8 N–H and O–H groups in total. The van der Waals surface area contributed by atoms with Crippen LogP contribution in [-0.4, -0.2) is 112 Å². The first-order valence-electron chi connectivity index (χ1n) is 25.7. The Morgan fingerprint density at radius 3 is 1.45 bits per heavy atom. The van der Waals surface area contributed by atoms with Crippen LogP contribution in [-0.2, 0) is 77.0 Å². The molecule has 0 fully saturated rings. The van der Waals surface area contributed by atoms with E-state index in [0.29, 0.717) is 12.8 Å². The van der Waals surface area contributed by atoms with Crippen LogP contribution in [0.4, 0.5) is 0 Å². The van der Waals surface area contributed by atoms with Crippen molar-refractivity contribution in [3.05, 3.63) is 129 Å². The lowest BCUT2D eigenvalue weighted by molar-refractivity contribution is -0.147. The van der Waals surface area contributed by atoms with E-state index in [1.54, 1.807) is 34.1 Å². The van der Waals surface area contributed by atoms with E-state index in [-0.39, 0.29) is 80.9 Å². The van der Waals surface area contributed by atoms with Gasteiger partial charge in [0.2, 0.25) is 29.5 Å². The van der Waals surface area contributed by atoms with Gasteiger partial charge in [0.25, 0.3) is 0 Å². The SMILES string of the molecule is C.CC(C)(C)[C@H](N)C(=O)N1Cc2cc(O)ccc2C[C@H]1C(=O)N[C@@H]1CCCc2ccccc21.COCC(=O)N[C@H](C(=O)N1Cc2cc(O)ccc2C[C@H]1C(=O)N[C@@H]1CCCc2ccccc21)C(C)(C)C.COCC(=O)O. The number of nitrogens with two attached hydrogens (primary N) is 1. The molecule has 4 aliphatic rings. The third kappa shape index (κ3) is 15.2. The van der Waals surface area contributed by atoms with Gasteiger partial charge in [-0.25, -0.2) is 4.79 Å². The Labute approximate surface area is 447 Å². The minimum atomic E-state index is -0.933. The van der Waals surface area contributed by atoms with Gasteiger partial charge in [0, 0.05) is 40.2 Å². The fourth-order valence-corrected chi connectivity index (χ4v) is 10.2. The smallest absolute Gasteiger partial charge is 0.329 e. The molecule has 2 aliphatic carbocycles. The number of aryl methyl sites for hydroxylation is 2. The number of hydrogen-bond donors (Lipinski definition) is 7. The molecule has 0 spiro atoms. The second-order valence-electron chi connectivity index (χ2n) is 22.1. The topological polar surface area (TPSA) is 250 Å². The Kier molecular flexibility index (Phi) is 20.8. The summed E-state index contributed by atoms with van der Waals surface area (Å²) in [5.74, 6) is -2.02. The molecule has 0 unspecified atom stereocenters. The van der Waals surface area contributed by atoms with E-state index in [2.05, 4.69) is 45.0 Å². The Morgan fingerprint density at radius 1 is 0.618 bits per heavy atom. The molecule has 5 amide bonds. The van der Waals surface area contributed by atoms with Crippen LogP contribution >= 0.6 is 0 Å². The second-order valence-corrected chi connectivity index (χ2v) is 22.1. The molecule has 0 saturated heterocycles. The Balaban J connectivity index is 0.000000252. The van der Waals surface area contributed by atoms with Crippen molar-refractivity contribution in [1.82, 2.24) is 25.8 Å². The first-order chi connectivity index (χ1) is 35.5. The molecular formula is C59H80N6O11. The summed E-state index contributed by atoms with van der Waals surface area (Å²) in [7, 11) is 2.76. The van der Waals surface area contributed by atoms with Crippen LogP contribution in [0.2, 0.25) is 0 Å². The highest BCUT2D eigenvalue weighted by molar-refractivity contribution is 5.94. The second kappa shape index (κ2) is 26.3. The summed E-state index contributed by atoms with van der Waals surface area (Å²) in [5.41, 5.74) is 13.6. The lowest BCUT2D eigenvalue weighted by Crippen LogP contribution is -2.61. The maximum absolute atomic E-state index is 14.0. The molecule has 0 bridgehead atoms. The van der Waals surface area contributed by atoms with E-state index in [9.17, 15) is 39.0 Å². The maximum Gasteiger partial charge on any atom is 0.329 e. The number of phenols is 2. The highest BCUT2D eigenvalue weighted by atomic mass is 16.5. The molecule has 2 heterocycles. The van der Waals surface area contributed by atoms with Crippen LogP contribution in [0, 0.1) is 10.8 Å². The van der Waals surface area contributed by atoms with E-state index in [1.165, 1.54) is 25.3 Å². The van der Waals surface area contributed by atoms with Gasteiger partial charge in [-0.05, 0) is 118 Å². The number of amides is 5. The van der Waals surface area contributed by atoms with Gasteiger partial charge in [-0.3, -0.25) is 24.0 Å². The lowest BCUT2D eigenvalue weighted by atomic mass is 9.84. The number of fused-ring (bicyclic) bond motifs is 4. The molecule has 76 heavy (non-hydrogen) atoms. The molecule has 17 heteroatoms. The number of benzene rings is 4. The molecule has 0 radical (unpaired) electrons. The standard InChI is InChI=1S/C29H37N3O5.C26H33N3O3.C3H6O3.CH4/c1-29(2,3)26(31-25(34)17-37-4)28(36)32-16-20-14-21(33)13-12-19(20)15-24(32)27(35)30-23-11-7-9-18-8-5-6-10-22(18)23;1-26(2,3)23(27)25(32)29-15-18-13-19(30)12-11-17(18)14-22(29)24(31)28-21-10-6-8-16-7-4-5-9-20(16)21;1-6-2-3(4)5;/h5-6,8,10,12-14,23-24,26,33H,7,9,11,15-17H2,1-4H3,(H,30,35)(H,31,34);4-5,7,9,11-13,21-23,30H,6,8,10,14-15,27H2,1-3H3,(H,28,31);2H2,1H3,(H,4,5);1H4/t23-,24+,26-;21-,22+,23-;;/m11../s1. The number of phenolic OH excluding ortho intramolecular Hbond substituents is 2. The first-order valence-corrected chi connectivity index (χ1v) is 25.7. The van der Waals surface area contributed by atoms with Crippen molar-refractivity contribution in [3.8, 4) is 11.5 Å². The third-order valence-electron chi connectivity index (χ3n) is 14.3. The number of rotatable bonds is 11. The summed E-state index contributed by atoms with van der Waals surface area (Å²) >= 11 is 0. The maximum atomic E-state index is 14.0. The van der Waals surface area contributed by atoms with Gasteiger partial charge in [0.05, 0.1) is 18.1 Å². The lowest BCUT2D eigenvalue weighted by Gasteiger charge is -2.41. The molecule has 412 valence electrons. The summed E-state index contributed by atoms with van der Waals surface area (Å²) in [6.45, 7) is 11.4. The van der Waals surface area contributed by atoms with E-state index < -0.39 is 46.9 Å². The first kappa shape index (κ1) is 60.0. The predicted molar refractivity (Wildman–Crippen MR) is 290 cm³/mol. The normalized spacial score (nSPS) is 19.3. The average Bonchev–Trinajstić information content (AvgIpc) is 3.36. The van der Waals surface area contributed by atoms with Crippen LogP contribution < -0.4 is 21.7 Å². The minimum absolute atomic E-state index is 0. The number of hydrogen-bond acceptors (Lipinski definition) is 11. The number of nitrogens with zero attached hydrogens (tertiary/aromatic N) is 2. The molecular weight excluding hydrogens is 969 g/mol. The van der Waals surface area contributed by atoms with E-state index in [0.717, 1.165) is 71.9 Å². The van der Waals surface area contributed by atoms with Crippen LogP contribution in [0.15, 0.2) is 84.9 Å². The summed E-state index contributed by atoms with van der Waals surface area (Å²) < 4.78 is 9.15. The van der Waals surface area contributed by atoms with Gasteiger partial charge in [-0.15, -0.1) is 0 Å². The highest BCUT2D eigenvalue weighted by Crippen LogP contribution is 2.35. The zero-order valence-corrected chi connectivity index (χ0v) is 44.6. The van der Waals surface area contributed by atoms with Gasteiger partial charge >= 0.3 is 5.97 Å². The Hall–Kier alpha value is -6.82. The zero-order valence-electron chi connectivity index (χ0n) is 44.6. The molecule has 4 aromatic carbocycles. The number of aliphatic carboxylic acids is 1. The number of nitrogens with one attached hydrogen (secondary N) is 3. The van der Waals surface area contributed by atoms with Crippen LogP contribution in [0.5, 0.6) is 11.5 Å². The Morgan fingerprint density at radius 2 is 1.05 bits per heavy atom. The van der Waals surface area contributed by atoms with Gasteiger partial charge in [-0.2, -0.15) is 0 Å². The molecule has 6 atom stereocenters. The molecule has 4 aromatic rings. The molecule has 2 aliphatic heterocycles. The van der Waals surface area contributed by atoms with Gasteiger partial charge in [0.1, 0.15) is 42.8 Å². The summed E-state index contributed by atoms with van der Waals surface area (Å²) in [4.78, 5) is 79.8. The van der Waals surface area contributed by atoms with Crippen molar-refractivity contribution in [3.63, 3.8) is 0 Å². The summed E-state index contributed by atoms with van der Waals surface area (Å²) in [5, 5.41) is 37.0. The van der Waals surface area contributed by atoms with Crippen LogP contribution in [0.3, 0.4) is 0 Å². The zero-order chi connectivity index (χ0) is 54.8. The number of carboxylic acids is 1. The Bertz CT molecular complexity index is 2700. The van der Waals surface area contributed by atoms with Gasteiger partial charge in [-0.1, -0.05) is 110 Å². The predicted octanol–water partition coefficient (Wildman–Crippen LogP) is 6.58. The summed E-state index contributed by atoms with van der Waals surface area (Å²) in [6, 6.07) is 23.4. The fourth-order valence-electron chi connectivity index (χ4n) is 10.2. The monoisotopic (exact) mass is 1050 g/mol. The number of carbonyl (C=O) groups excluding carboxylic acids is 5. The molecule has 0 saturated carbocycles. The highest BCUT2D eigenvalue weighted by Gasteiger charge is 2.44. The van der Waals surface area contributed by atoms with E-state index in [1.807, 2.05) is 77.9 Å². The molecule has 0 aromatic heterocycles. The molecule has 8 rings (SSSR count). The van der Waals surface area contributed by atoms with Crippen molar-refractivity contribution in [2.24, 2.45) is 16.6 Å². The largest absolute Gasteiger partial charge is 0.508 e. The number of carboxylic acid groups (broad SMARTS) is 1. The van der Waals surface area contributed by atoms with Crippen LogP contribution in [0.1, 0.15) is 131 Å². The van der Waals surface area contributed by atoms with Crippen molar-refractivity contribution in [2.75, 3.05) is 27.4 Å². The number of aromatic hydroxyl groups is 2. The van der Waals surface area contributed by atoms with Crippen molar-refractivity contribution < 1.29 is 53.6 Å². The van der Waals surface area contributed by atoms with Crippen LogP contribution in [0.25, 0.3) is 0 Å². The number of carbonyl (C=O) groups is 6. The molecule has 17 nitrogen and oxygen atoms in total. The number of methoxy groups -OCH3 is 2. The fraction of sp³-hybridized carbons (Fsp3) is 0.492. The number of ether oxygens (including phenoxy) is 2. The van der Waals surface area contributed by atoms with Gasteiger partial charge < -0.3 is 56.3 Å². The van der Waals surface area contributed by atoms with E-state index >= 15 is 0 Å². The minimum Gasteiger partial charge on any atom is -0.508 e. The average molecular weight is 1050 g/mol.